The fourth-order valence-electron chi connectivity index (χ4n) is 3.87. The Labute approximate surface area is 116 Å². The van der Waals surface area contributed by atoms with Gasteiger partial charge in [-0.3, -0.25) is 4.90 Å². The van der Waals surface area contributed by atoms with Crippen molar-refractivity contribution in [2.45, 2.75) is 75.6 Å². The number of hydrogen-bond donors (Lipinski definition) is 2. The van der Waals surface area contributed by atoms with Crippen LogP contribution in [0.4, 0.5) is 0 Å². The average molecular weight is 264 g/mol. The average Bonchev–Trinajstić information content (AvgIpc) is 3.26. The van der Waals surface area contributed by atoms with E-state index >= 15 is 0 Å². The summed E-state index contributed by atoms with van der Waals surface area (Å²) < 4.78 is 0. The smallest absolute Gasteiger partial charge is 0.0571 e. The van der Waals surface area contributed by atoms with Crippen molar-refractivity contribution in [3.8, 4) is 0 Å². The number of piperidine rings is 1. The number of aliphatic hydroxyl groups is 1. The first kappa shape index (κ1) is 12.6. The summed E-state index contributed by atoms with van der Waals surface area (Å²) in [5.74, 6) is 1.37. The van der Waals surface area contributed by atoms with Crippen molar-refractivity contribution < 1.29 is 5.11 Å². The molecule has 3 aliphatic carbocycles. The lowest BCUT2D eigenvalue weighted by Gasteiger charge is -2.39. The number of aliphatic hydroxyl groups excluding tert-OH is 1. The molecule has 3 nitrogen and oxygen atoms in total. The topological polar surface area (TPSA) is 35.5 Å². The molecule has 1 aliphatic heterocycles. The molecular formula is C16H28N2O. The van der Waals surface area contributed by atoms with Crippen LogP contribution < -0.4 is 5.32 Å². The first-order valence-electron chi connectivity index (χ1n) is 8.46. The minimum atomic E-state index is -0.00859. The highest BCUT2D eigenvalue weighted by atomic mass is 16.3. The van der Waals surface area contributed by atoms with Crippen LogP contribution in [0.25, 0.3) is 0 Å². The number of rotatable bonds is 6. The van der Waals surface area contributed by atoms with Gasteiger partial charge < -0.3 is 10.4 Å². The Morgan fingerprint density at radius 1 is 1.00 bits per heavy atom. The highest BCUT2D eigenvalue weighted by Gasteiger charge is 2.39. The molecular weight excluding hydrogens is 236 g/mol. The molecule has 1 heterocycles. The maximum Gasteiger partial charge on any atom is 0.0571 e. The molecule has 4 fully saturated rings. The molecule has 0 aromatic rings. The van der Waals surface area contributed by atoms with Gasteiger partial charge in [-0.25, -0.2) is 0 Å². The van der Waals surface area contributed by atoms with Crippen LogP contribution in [-0.4, -0.2) is 47.3 Å². The second-order valence-corrected chi connectivity index (χ2v) is 7.57. The quantitative estimate of drug-likeness (QED) is 0.767. The largest absolute Gasteiger partial charge is 0.393 e. The molecule has 3 unspecified atom stereocenters. The lowest BCUT2D eigenvalue weighted by molar-refractivity contribution is 0.0714. The number of nitrogens with one attached hydrogen (secondary N) is 1. The molecule has 19 heavy (non-hydrogen) atoms. The summed E-state index contributed by atoms with van der Waals surface area (Å²) in [7, 11) is 0. The molecule has 3 saturated carbocycles. The number of nitrogens with zero attached hydrogens (tertiary/aromatic N) is 1. The lowest BCUT2D eigenvalue weighted by atomic mass is 9.88. The van der Waals surface area contributed by atoms with E-state index in [1.165, 1.54) is 58.0 Å². The van der Waals surface area contributed by atoms with Crippen molar-refractivity contribution in [1.82, 2.24) is 10.2 Å². The lowest BCUT2D eigenvalue weighted by Crippen LogP contribution is -2.51. The van der Waals surface area contributed by atoms with Crippen LogP contribution in [0.5, 0.6) is 0 Å². The summed E-state index contributed by atoms with van der Waals surface area (Å²) in [5, 5.41) is 14.1. The SMILES string of the molecule is OC(CC1CC(NC2CC2)CN(C2CC2)C1)C1CC1. The summed E-state index contributed by atoms with van der Waals surface area (Å²) in [6, 6.07) is 2.39. The monoisotopic (exact) mass is 264 g/mol. The van der Waals surface area contributed by atoms with E-state index in [4.69, 9.17) is 0 Å². The Hall–Kier alpha value is -0.120. The van der Waals surface area contributed by atoms with Gasteiger partial charge in [-0.2, -0.15) is 0 Å². The first-order valence-corrected chi connectivity index (χ1v) is 8.46. The van der Waals surface area contributed by atoms with Gasteiger partial charge in [-0.15, -0.1) is 0 Å². The van der Waals surface area contributed by atoms with Crippen molar-refractivity contribution in [1.29, 1.82) is 0 Å². The Morgan fingerprint density at radius 2 is 1.79 bits per heavy atom. The Bertz CT molecular complexity index is 321. The van der Waals surface area contributed by atoms with Crippen LogP contribution >= 0.6 is 0 Å². The van der Waals surface area contributed by atoms with Gasteiger partial charge in [-0.05, 0) is 63.2 Å². The zero-order chi connectivity index (χ0) is 12.8. The maximum absolute atomic E-state index is 10.2. The molecule has 0 bridgehead atoms. The van der Waals surface area contributed by atoms with Crippen LogP contribution in [0.15, 0.2) is 0 Å². The third-order valence-electron chi connectivity index (χ3n) is 5.42. The second-order valence-electron chi connectivity index (χ2n) is 7.57. The van der Waals surface area contributed by atoms with Gasteiger partial charge in [0.05, 0.1) is 6.10 Å². The standard InChI is InChI=1S/C16H28N2O/c19-16(12-1-2-12)8-11-7-14(17-13-3-4-13)10-18(9-11)15-5-6-15/h11-17,19H,1-10H2. The van der Waals surface area contributed by atoms with E-state index in [2.05, 4.69) is 10.2 Å². The molecule has 1 saturated heterocycles. The van der Waals surface area contributed by atoms with Crippen LogP contribution in [0, 0.1) is 11.8 Å². The van der Waals surface area contributed by atoms with E-state index in [9.17, 15) is 5.11 Å². The summed E-state index contributed by atoms with van der Waals surface area (Å²) >= 11 is 0. The zero-order valence-corrected chi connectivity index (χ0v) is 11.9. The molecule has 2 N–H and O–H groups in total. The fraction of sp³-hybridized carbons (Fsp3) is 1.00. The Morgan fingerprint density at radius 3 is 2.42 bits per heavy atom. The maximum atomic E-state index is 10.2. The molecule has 3 atom stereocenters. The van der Waals surface area contributed by atoms with Crippen molar-refractivity contribution in [3.05, 3.63) is 0 Å². The summed E-state index contributed by atoms with van der Waals surface area (Å²) in [5.41, 5.74) is 0. The van der Waals surface area contributed by atoms with Gasteiger partial charge in [0.1, 0.15) is 0 Å². The van der Waals surface area contributed by atoms with E-state index in [1.807, 2.05) is 0 Å². The summed E-state index contributed by atoms with van der Waals surface area (Å²) in [6.45, 7) is 2.51. The predicted molar refractivity (Wildman–Crippen MR) is 76.0 cm³/mol. The molecule has 108 valence electrons. The highest BCUT2D eigenvalue weighted by Crippen LogP contribution is 2.38. The van der Waals surface area contributed by atoms with E-state index in [-0.39, 0.29) is 6.10 Å². The molecule has 4 aliphatic rings. The predicted octanol–water partition coefficient (Wildman–Crippen LogP) is 1.75. The molecule has 4 rings (SSSR count). The molecule has 3 heteroatoms. The van der Waals surface area contributed by atoms with Crippen molar-refractivity contribution in [3.63, 3.8) is 0 Å². The third-order valence-corrected chi connectivity index (χ3v) is 5.42. The number of hydrogen-bond acceptors (Lipinski definition) is 3. The Balaban J connectivity index is 1.34. The van der Waals surface area contributed by atoms with Crippen LogP contribution in [-0.2, 0) is 0 Å². The minimum Gasteiger partial charge on any atom is -0.393 e. The van der Waals surface area contributed by atoms with Crippen molar-refractivity contribution >= 4 is 0 Å². The van der Waals surface area contributed by atoms with Gasteiger partial charge >= 0.3 is 0 Å². The van der Waals surface area contributed by atoms with Gasteiger partial charge in [0.25, 0.3) is 0 Å². The summed E-state index contributed by atoms with van der Waals surface area (Å²) in [4.78, 5) is 2.72. The van der Waals surface area contributed by atoms with E-state index in [1.54, 1.807) is 0 Å². The van der Waals surface area contributed by atoms with Crippen molar-refractivity contribution in [2.75, 3.05) is 13.1 Å². The molecule has 0 aromatic heterocycles. The molecule has 0 aromatic carbocycles. The normalized spacial score (nSPS) is 38.4. The van der Waals surface area contributed by atoms with Gasteiger partial charge in [0, 0.05) is 31.2 Å². The molecule has 0 radical (unpaired) electrons. The van der Waals surface area contributed by atoms with Crippen LogP contribution in [0.1, 0.15) is 51.4 Å². The van der Waals surface area contributed by atoms with Gasteiger partial charge in [0.2, 0.25) is 0 Å². The van der Waals surface area contributed by atoms with E-state index in [0.29, 0.717) is 12.0 Å². The van der Waals surface area contributed by atoms with Gasteiger partial charge in [-0.1, -0.05) is 0 Å². The summed E-state index contributed by atoms with van der Waals surface area (Å²) in [6.07, 6.45) is 10.5. The zero-order valence-electron chi connectivity index (χ0n) is 11.9. The number of likely N-dealkylation sites (tertiary alicyclic amines) is 1. The Kier molecular flexibility index (Phi) is 3.33. The van der Waals surface area contributed by atoms with Crippen molar-refractivity contribution in [2.24, 2.45) is 11.8 Å². The van der Waals surface area contributed by atoms with Crippen LogP contribution in [0.3, 0.4) is 0 Å². The van der Waals surface area contributed by atoms with Crippen LogP contribution in [0.2, 0.25) is 0 Å². The fourth-order valence-corrected chi connectivity index (χ4v) is 3.87. The molecule has 0 spiro atoms. The third kappa shape index (κ3) is 3.32. The minimum absolute atomic E-state index is 0.00859. The highest BCUT2D eigenvalue weighted by molar-refractivity contribution is 4.96. The first-order chi connectivity index (χ1) is 9.28. The van der Waals surface area contributed by atoms with E-state index in [0.717, 1.165) is 24.4 Å². The molecule has 0 amide bonds. The van der Waals surface area contributed by atoms with E-state index < -0.39 is 0 Å². The second kappa shape index (κ2) is 5.01. The van der Waals surface area contributed by atoms with Gasteiger partial charge in [0.15, 0.2) is 0 Å².